The van der Waals surface area contributed by atoms with Crippen LogP contribution in [0.15, 0.2) is 127 Å². The summed E-state index contributed by atoms with van der Waals surface area (Å²) in [6.45, 7) is 0. The van der Waals surface area contributed by atoms with Crippen LogP contribution in [-0.4, -0.2) is 0 Å². The second-order valence-corrected chi connectivity index (χ2v) is 10.6. The summed E-state index contributed by atoms with van der Waals surface area (Å²) in [5.41, 5.74) is 13.9. The quantitative estimate of drug-likeness (QED) is 0.245. The van der Waals surface area contributed by atoms with Crippen LogP contribution in [0.3, 0.4) is 0 Å². The SMILES string of the molecule is C1=CC2=C(C1)c1ccccc1C21c2ccccc2-c2c(-c3ccccc3)sc(-c3ccccc3)c21. The molecule has 0 bridgehead atoms. The first-order valence-electron chi connectivity index (χ1n) is 12.3. The van der Waals surface area contributed by atoms with Crippen molar-refractivity contribution < 1.29 is 0 Å². The Labute approximate surface area is 209 Å². The fraction of sp³-hybridized carbons (Fsp3) is 0.0588. The van der Waals surface area contributed by atoms with Crippen molar-refractivity contribution in [3.63, 3.8) is 0 Å². The highest BCUT2D eigenvalue weighted by Gasteiger charge is 2.55. The Hall–Kier alpha value is -3.94. The third-order valence-corrected chi connectivity index (χ3v) is 9.24. The first-order chi connectivity index (χ1) is 17.4. The molecule has 0 saturated heterocycles. The molecule has 0 fully saturated rings. The average molecular weight is 463 g/mol. The van der Waals surface area contributed by atoms with E-state index in [2.05, 4.69) is 121 Å². The lowest BCUT2D eigenvalue weighted by Gasteiger charge is -2.32. The molecular weight excluding hydrogens is 440 g/mol. The van der Waals surface area contributed by atoms with E-state index >= 15 is 0 Å². The number of rotatable bonds is 2. The highest BCUT2D eigenvalue weighted by molar-refractivity contribution is 7.19. The van der Waals surface area contributed by atoms with Gasteiger partial charge in [0, 0.05) is 15.3 Å². The highest BCUT2D eigenvalue weighted by atomic mass is 32.1. The normalized spacial score (nSPS) is 18.6. The van der Waals surface area contributed by atoms with Gasteiger partial charge in [-0.1, -0.05) is 121 Å². The van der Waals surface area contributed by atoms with Gasteiger partial charge in [0.15, 0.2) is 0 Å². The van der Waals surface area contributed by atoms with Gasteiger partial charge in [0.2, 0.25) is 0 Å². The lowest BCUT2D eigenvalue weighted by Crippen LogP contribution is -2.26. The fourth-order valence-electron chi connectivity index (χ4n) is 6.68. The highest BCUT2D eigenvalue weighted by Crippen LogP contribution is 2.68. The summed E-state index contributed by atoms with van der Waals surface area (Å²) in [5, 5.41) is 0. The molecule has 1 heterocycles. The molecule has 35 heavy (non-hydrogen) atoms. The minimum Gasteiger partial charge on any atom is -0.134 e. The average Bonchev–Trinajstić information content (AvgIpc) is 3.67. The van der Waals surface area contributed by atoms with Crippen LogP contribution in [0, 0.1) is 0 Å². The van der Waals surface area contributed by atoms with E-state index in [9.17, 15) is 0 Å². The Bertz CT molecular complexity index is 1700. The molecule has 0 nitrogen and oxygen atoms in total. The summed E-state index contributed by atoms with van der Waals surface area (Å²) in [4.78, 5) is 2.76. The summed E-state index contributed by atoms with van der Waals surface area (Å²) in [6.07, 6.45) is 5.79. The summed E-state index contributed by atoms with van der Waals surface area (Å²) >= 11 is 1.95. The number of hydrogen-bond acceptors (Lipinski definition) is 1. The van der Waals surface area contributed by atoms with E-state index in [4.69, 9.17) is 0 Å². The second-order valence-electron chi connectivity index (χ2n) is 9.58. The number of fused-ring (bicyclic) bond motifs is 9. The lowest BCUT2D eigenvalue weighted by atomic mass is 9.69. The fourth-order valence-corrected chi connectivity index (χ4v) is 8.07. The zero-order valence-electron chi connectivity index (χ0n) is 19.2. The third-order valence-electron chi connectivity index (χ3n) is 7.95. The van der Waals surface area contributed by atoms with Crippen molar-refractivity contribution >= 4 is 16.9 Å². The Morgan fingerprint density at radius 1 is 0.571 bits per heavy atom. The van der Waals surface area contributed by atoms with Crippen LogP contribution in [0.25, 0.3) is 37.6 Å². The monoisotopic (exact) mass is 462 g/mol. The van der Waals surface area contributed by atoms with Gasteiger partial charge in [-0.25, -0.2) is 0 Å². The lowest BCUT2D eigenvalue weighted by molar-refractivity contribution is 0.792. The zero-order chi connectivity index (χ0) is 23.0. The van der Waals surface area contributed by atoms with Gasteiger partial charge in [-0.15, -0.1) is 11.3 Å². The second kappa shape index (κ2) is 7.04. The molecule has 0 N–H and O–H groups in total. The van der Waals surface area contributed by atoms with E-state index < -0.39 is 0 Å². The van der Waals surface area contributed by atoms with Crippen LogP contribution in [0.1, 0.15) is 28.7 Å². The predicted octanol–water partition coefficient (Wildman–Crippen LogP) is 9.12. The number of hydrogen-bond donors (Lipinski definition) is 0. The molecule has 164 valence electrons. The molecule has 0 saturated carbocycles. The maximum absolute atomic E-state index is 2.41. The molecule has 1 aromatic heterocycles. The molecule has 0 amide bonds. The standard InChI is InChI=1S/C34H22S/c1-3-12-22(13-4-1)32-30-26-17-8-10-20-29(26)34(31(30)33(35-32)23-14-5-2-6-15-23)27-19-9-7-16-24(27)25-18-11-21-28(25)34/h1-17,19-21H,18H2. The molecule has 1 unspecified atom stereocenters. The van der Waals surface area contributed by atoms with Gasteiger partial charge in [0.05, 0.1) is 5.41 Å². The Kier molecular flexibility index (Phi) is 3.90. The smallest absolute Gasteiger partial charge is 0.0736 e. The molecule has 4 aromatic carbocycles. The van der Waals surface area contributed by atoms with Gasteiger partial charge in [-0.2, -0.15) is 0 Å². The van der Waals surface area contributed by atoms with Crippen LogP contribution in [0.5, 0.6) is 0 Å². The van der Waals surface area contributed by atoms with Crippen molar-refractivity contribution in [3.05, 3.63) is 149 Å². The van der Waals surface area contributed by atoms with E-state index in [1.807, 2.05) is 11.3 Å². The molecule has 0 radical (unpaired) electrons. The van der Waals surface area contributed by atoms with E-state index in [-0.39, 0.29) is 5.41 Å². The molecule has 3 aliphatic carbocycles. The Morgan fingerprint density at radius 3 is 1.86 bits per heavy atom. The molecule has 0 aliphatic heterocycles. The van der Waals surface area contributed by atoms with Gasteiger partial charge in [0.1, 0.15) is 0 Å². The number of thiophene rings is 1. The molecule has 1 atom stereocenters. The Morgan fingerprint density at radius 2 is 1.14 bits per heavy atom. The molecule has 1 spiro atoms. The summed E-state index contributed by atoms with van der Waals surface area (Å²) in [6, 6.07) is 40.2. The molecule has 1 heteroatoms. The topological polar surface area (TPSA) is 0 Å². The van der Waals surface area contributed by atoms with Crippen molar-refractivity contribution in [1.82, 2.24) is 0 Å². The molecular formula is C34H22S. The maximum Gasteiger partial charge on any atom is 0.0736 e. The van der Waals surface area contributed by atoms with Gasteiger partial charge in [-0.3, -0.25) is 0 Å². The van der Waals surface area contributed by atoms with Crippen LogP contribution in [-0.2, 0) is 5.41 Å². The first kappa shape index (κ1) is 19.4. The summed E-state index contributed by atoms with van der Waals surface area (Å²) < 4.78 is 0. The predicted molar refractivity (Wildman–Crippen MR) is 148 cm³/mol. The van der Waals surface area contributed by atoms with Crippen LogP contribution in [0.4, 0.5) is 0 Å². The van der Waals surface area contributed by atoms with Crippen molar-refractivity contribution in [3.8, 4) is 32.0 Å². The number of benzene rings is 4. The van der Waals surface area contributed by atoms with Crippen molar-refractivity contribution in [1.29, 1.82) is 0 Å². The Balaban J connectivity index is 1.59. The van der Waals surface area contributed by atoms with Crippen LogP contribution < -0.4 is 0 Å². The third kappa shape index (κ3) is 2.36. The van der Waals surface area contributed by atoms with E-state index in [0.29, 0.717) is 0 Å². The molecule has 3 aliphatic rings. The van der Waals surface area contributed by atoms with Gasteiger partial charge in [-0.05, 0) is 56.5 Å². The van der Waals surface area contributed by atoms with Gasteiger partial charge >= 0.3 is 0 Å². The van der Waals surface area contributed by atoms with Crippen LogP contribution in [0.2, 0.25) is 0 Å². The number of allylic oxidation sites excluding steroid dienone is 4. The van der Waals surface area contributed by atoms with E-state index in [1.165, 1.54) is 65.4 Å². The van der Waals surface area contributed by atoms with Crippen molar-refractivity contribution in [2.45, 2.75) is 11.8 Å². The first-order valence-corrected chi connectivity index (χ1v) is 13.1. The summed E-state index contributed by atoms with van der Waals surface area (Å²) in [5.74, 6) is 0. The minimum atomic E-state index is -0.264. The van der Waals surface area contributed by atoms with Crippen molar-refractivity contribution in [2.75, 3.05) is 0 Å². The van der Waals surface area contributed by atoms with Gasteiger partial charge < -0.3 is 0 Å². The van der Waals surface area contributed by atoms with Crippen LogP contribution >= 0.6 is 11.3 Å². The van der Waals surface area contributed by atoms with Crippen molar-refractivity contribution in [2.24, 2.45) is 0 Å². The molecule has 8 rings (SSSR count). The zero-order valence-corrected chi connectivity index (χ0v) is 20.0. The minimum absolute atomic E-state index is 0.264. The molecule has 5 aromatic rings. The maximum atomic E-state index is 2.41. The van der Waals surface area contributed by atoms with Gasteiger partial charge in [0.25, 0.3) is 0 Å². The van der Waals surface area contributed by atoms with E-state index in [0.717, 1.165) is 6.42 Å². The largest absolute Gasteiger partial charge is 0.134 e. The van der Waals surface area contributed by atoms with E-state index in [1.54, 1.807) is 0 Å². The summed E-state index contributed by atoms with van der Waals surface area (Å²) in [7, 11) is 0.